The maximum atomic E-state index is 11.8. The predicted octanol–water partition coefficient (Wildman–Crippen LogP) is 2.71. The van der Waals surface area contributed by atoms with E-state index in [1.165, 1.54) is 17.7 Å². The molecule has 1 atom stereocenters. The minimum Gasteiger partial charge on any atom is -0.477 e. The van der Waals surface area contributed by atoms with Crippen LogP contribution < -0.4 is 0 Å². The van der Waals surface area contributed by atoms with Crippen LogP contribution in [0, 0.1) is 5.92 Å². The van der Waals surface area contributed by atoms with Gasteiger partial charge in [-0.25, -0.2) is 9.59 Å². The summed E-state index contributed by atoms with van der Waals surface area (Å²) in [4.78, 5) is 22.9. The van der Waals surface area contributed by atoms with Gasteiger partial charge < -0.3 is 14.4 Å². The number of halogens is 1. The smallest absolute Gasteiger partial charge is 0.352 e. The average Bonchev–Trinajstić information content (AvgIpc) is 2.66. The second kappa shape index (κ2) is 6.04. The zero-order chi connectivity index (χ0) is 13.9. The van der Waals surface area contributed by atoms with E-state index in [1.807, 2.05) is 13.8 Å². The molecule has 1 heterocycles. The van der Waals surface area contributed by atoms with Crippen LogP contribution in [0.2, 0.25) is 0 Å². The molecule has 6 heteroatoms. The van der Waals surface area contributed by atoms with Crippen molar-refractivity contribution < 1.29 is 19.4 Å². The summed E-state index contributed by atoms with van der Waals surface area (Å²) < 4.78 is 6.81. The molecule has 1 unspecified atom stereocenters. The van der Waals surface area contributed by atoms with Gasteiger partial charge in [0.25, 0.3) is 0 Å². The van der Waals surface area contributed by atoms with E-state index in [2.05, 4.69) is 15.9 Å². The van der Waals surface area contributed by atoms with Gasteiger partial charge in [-0.15, -0.1) is 0 Å². The van der Waals surface area contributed by atoms with Gasteiger partial charge >= 0.3 is 11.9 Å². The summed E-state index contributed by atoms with van der Waals surface area (Å²) in [7, 11) is 1.30. The van der Waals surface area contributed by atoms with E-state index in [4.69, 9.17) is 9.84 Å². The molecule has 18 heavy (non-hydrogen) atoms. The van der Waals surface area contributed by atoms with Crippen LogP contribution in [0.1, 0.15) is 36.8 Å². The maximum Gasteiger partial charge on any atom is 0.352 e. The van der Waals surface area contributed by atoms with Crippen LogP contribution in [0.3, 0.4) is 0 Å². The van der Waals surface area contributed by atoms with Gasteiger partial charge in [-0.1, -0.05) is 13.8 Å². The lowest BCUT2D eigenvalue weighted by Crippen LogP contribution is -2.24. The summed E-state index contributed by atoms with van der Waals surface area (Å²) in [6.45, 7) is 3.93. The summed E-state index contributed by atoms with van der Waals surface area (Å²) in [5.41, 5.74) is 0.0675. The van der Waals surface area contributed by atoms with Crippen molar-refractivity contribution in [3.63, 3.8) is 0 Å². The van der Waals surface area contributed by atoms with E-state index in [-0.39, 0.29) is 11.6 Å². The van der Waals surface area contributed by atoms with Crippen LogP contribution in [0.4, 0.5) is 0 Å². The van der Waals surface area contributed by atoms with E-state index in [0.717, 1.165) is 0 Å². The standard InChI is InChI=1S/C12H16BrNO4/c1-7(2)4-10(12(17)18-3)14-6-8(13)5-9(14)11(15)16/h5-7,10H,4H2,1-3H3,(H,15,16). The van der Waals surface area contributed by atoms with E-state index >= 15 is 0 Å². The first-order valence-electron chi connectivity index (χ1n) is 5.55. The van der Waals surface area contributed by atoms with E-state index in [9.17, 15) is 9.59 Å². The minimum absolute atomic E-state index is 0.0675. The highest BCUT2D eigenvalue weighted by atomic mass is 79.9. The SMILES string of the molecule is COC(=O)C(CC(C)C)n1cc(Br)cc1C(=O)O. The van der Waals surface area contributed by atoms with Crippen molar-refractivity contribution >= 4 is 27.9 Å². The summed E-state index contributed by atoms with van der Waals surface area (Å²) in [5.74, 6) is -1.26. The number of carbonyl (C=O) groups excluding carboxylic acids is 1. The van der Waals surface area contributed by atoms with Gasteiger partial charge in [0, 0.05) is 10.7 Å². The lowest BCUT2D eigenvalue weighted by Gasteiger charge is -2.19. The fourth-order valence-corrected chi connectivity index (χ4v) is 2.22. The first-order valence-corrected chi connectivity index (χ1v) is 6.34. The number of ether oxygens (including phenoxy) is 1. The summed E-state index contributed by atoms with van der Waals surface area (Å²) in [6.07, 6.45) is 2.11. The number of methoxy groups -OCH3 is 1. The third-order valence-corrected chi connectivity index (χ3v) is 2.97. The molecule has 0 aliphatic rings. The van der Waals surface area contributed by atoms with Crippen LogP contribution in [-0.2, 0) is 9.53 Å². The second-order valence-corrected chi connectivity index (χ2v) is 5.34. The first-order chi connectivity index (χ1) is 8.36. The summed E-state index contributed by atoms with van der Waals surface area (Å²) in [5, 5.41) is 9.12. The van der Waals surface area contributed by atoms with Gasteiger partial charge in [-0.05, 0) is 34.3 Å². The van der Waals surface area contributed by atoms with E-state index < -0.39 is 18.0 Å². The van der Waals surface area contributed by atoms with Crippen LogP contribution in [0.15, 0.2) is 16.7 Å². The molecule has 1 N–H and O–H groups in total. The molecule has 0 spiro atoms. The zero-order valence-corrected chi connectivity index (χ0v) is 12.1. The Morgan fingerprint density at radius 2 is 2.11 bits per heavy atom. The Balaban J connectivity index is 3.19. The van der Waals surface area contributed by atoms with Crippen molar-refractivity contribution in [2.45, 2.75) is 26.3 Å². The summed E-state index contributed by atoms with van der Waals surface area (Å²) in [6, 6.07) is 0.853. The highest BCUT2D eigenvalue weighted by Crippen LogP contribution is 2.25. The number of rotatable bonds is 5. The van der Waals surface area contributed by atoms with Crippen molar-refractivity contribution in [1.29, 1.82) is 0 Å². The number of aromatic nitrogens is 1. The second-order valence-electron chi connectivity index (χ2n) is 4.42. The first kappa shape index (κ1) is 14.8. The van der Waals surface area contributed by atoms with Gasteiger partial charge in [-0.3, -0.25) is 0 Å². The lowest BCUT2D eigenvalue weighted by molar-refractivity contribution is -0.145. The molecule has 100 valence electrons. The van der Waals surface area contributed by atoms with Crippen LogP contribution >= 0.6 is 15.9 Å². The number of carboxylic acid groups (broad SMARTS) is 1. The average molecular weight is 318 g/mol. The molecule has 1 aromatic rings. The number of nitrogens with zero attached hydrogens (tertiary/aromatic N) is 1. The van der Waals surface area contributed by atoms with Crippen molar-refractivity contribution in [3.05, 3.63) is 22.4 Å². The van der Waals surface area contributed by atoms with Crippen LogP contribution in [-0.4, -0.2) is 28.7 Å². The molecule has 5 nitrogen and oxygen atoms in total. The molecule has 0 aliphatic heterocycles. The number of carbonyl (C=O) groups is 2. The Morgan fingerprint density at radius 1 is 1.50 bits per heavy atom. The van der Waals surface area contributed by atoms with Gasteiger partial charge in [-0.2, -0.15) is 0 Å². The number of esters is 1. The molecule has 0 aliphatic carbocycles. The largest absolute Gasteiger partial charge is 0.477 e. The third-order valence-electron chi connectivity index (χ3n) is 2.54. The molecular formula is C12H16BrNO4. The quantitative estimate of drug-likeness (QED) is 0.848. The molecule has 0 saturated carbocycles. The zero-order valence-electron chi connectivity index (χ0n) is 10.5. The Hall–Kier alpha value is -1.30. The highest BCUT2D eigenvalue weighted by Gasteiger charge is 2.26. The Bertz CT molecular complexity index is 453. The maximum absolute atomic E-state index is 11.8. The topological polar surface area (TPSA) is 68.5 Å². The molecule has 0 amide bonds. The molecule has 0 saturated heterocycles. The fraction of sp³-hybridized carbons (Fsp3) is 0.500. The molecule has 0 fully saturated rings. The fourth-order valence-electron chi connectivity index (χ4n) is 1.78. The Kier molecular flexibility index (Phi) is 4.95. The number of carboxylic acids is 1. The molecule has 0 radical (unpaired) electrons. The van der Waals surface area contributed by atoms with Gasteiger partial charge in [0.15, 0.2) is 0 Å². The monoisotopic (exact) mass is 317 g/mol. The van der Waals surface area contributed by atoms with Crippen LogP contribution in [0.5, 0.6) is 0 Å². The number of aromatic carboxylic acids is 1. The van der Waals surface area contributed by atoms with Crippen molar-refractivity contribution in [2.24, 2.45) is 5.92 Å². The Labute approximate surface area is 114 Å². The van der Waals surface area contributed by atoms with E-state index in [0.29, 0.717) is 10.9 Å². The molecule has 1 rings (SSSR count). The highest BCUT2D eigenvalue weighted by molar-refractivity contribution is 9.10. The van der Waals surface area contributed by atoms with E-state index in [1.54, 1.807) is 6.20 Å². The van der Waals surface area contributed by atoms with Crippen molar-refractivity contribution in [2.75, 3.05) is 7.11 Å². The van der Waals surface area contributed by atoms with Gasteiger partial charge in [0.05, 0.1) is 7.11 Å². The minimum atomic E-state index is -1.07. The van der Waals surface area contributed by atoms with Gasteiger partial charge in [0.1, 0.15) is 11.7 Å². The third kappa shape index (κ3) is 3.35. The van der Waals surface area contributed by atoms with Crippen molar-refractivity contribution in [3.8, 4) is 0 Å². The number of hydrogen-bond donors (Lipinski definition) is 1. The summed E-state index contributed by atoms with van der Waals surface area (Å²) >= 11 is 3.22. The normalized spacial score (nSPS) is 12.5. The predicted molar refractivity (Wildman–Crippen MR) is 69.6 cm³/mol. The Morgan fingerprint density at radius 3 is 2.56 bits per heavy atom. The van der Waals surface area contributed by atoms with Crippen LogP contribution in [0.25, 0.3) is 0 Å². The lowest BCUT2D eigenvalue weighted by atomic mass is 10.0. The molecule has 0 bridgehead atoms. The molecular weight excluding hydrogens is 302 g/mol. The molecule has 0 aromatic carbocycles. The molecule has 1 aromatic heterocycles. The van der Waals surface area contributed by atoms with Crippen molar-refractivity contribution in [1.82, 2.24) is 4.57 Å². The van der Waals surface area contributed by atoms with Gasteiger partial charge in [0.2, 0.25) is 0 Å². The number of hydrogen-bond acceptors (Lipinski definition) is 3.